The van der Waals surface area contributed by atoms with E-state index >= 15 is 0 Å². The molecule has 3 N–H and O–H groups in total. The first-order valence-corrected chi connectivity index (χ1v) is 19.7. The lowest BCUT2D eigenvalue weighted by Gasteiger charge is -2.32. The van der Waals surface area contributed by atoms with Crippen molar-refractivity contribution in [2.24, 2.45) is 11.8 Å². The Morgan fingerprint density at radius 1 is 1.10 bits per heavy atom. The Morgan fingerprint density at radius 2 is 1.83 bits per heavy atom. The molecule has 2 aromatic carbocycles. The number of ether oxygens (including phenoxy) is 1. The summed E-state index contributed by atoms with van der Waals surface area (Å²) in [7, 11) is -4.15. The van der Waals surface area contributed by atoms with Crippen LogP contribution >= 0.6 is 11.3 Å². The number of aryl methyl sites for hydroxylation is 1. The van der Waals surface area contributed by atoms with Gasteiger partial charge in [0, 0.05) is 37.6 Å². The first kappa shape index (κ1) is 40.5. The van der Waals surface area contributed by atoms with Crippen LogP contribution in [-0.4, -0.2) is 101 Å². The van der Waals surface area contributed by atoms with E-state index in [9.17, 15) is 33.1 Å². The molecule has 0 bridgehead atoms. The van der Waals surface area contributed by atoms with E-state index in [0.29, 0.717) is 19.6 Å². The molecule has 4 rings (SSSR count). The van der Waals surface area contributed by atoms with Crippen LogP contribution in [0.25, 0.3) is 0 Å². The topological polar surface area (TPSA) is 173 Å². The zero-order chi connectivity index (χ0) is 38.2. The third-order valence-electron chi connectivity index (χ3n) is 8.56. The van der Waals surface area contributed by atoms with Gasteiger partial charge >= 0.3 is 12.1 Å². The molecule has 1 aliphatic heterocycles. The number of hydrogen-bond donors (Lipinski definition) is 3. The number of carbonyl (C=O) groups is 3. The van der Waals surface area contributed by atoms with Gasteiger partial charge in [0.1, 0.15) is 11.8 Å². The van der Waals surface area contributed by atoms with Gasteiger partial charge in [-0.25, -0.2) is 23.0 Å². The van der Waals surface area contributed by atoms with Crippen LogP contribution in [0.1, 0.15) is 57.3 Å². The highest BCUT2D eigenvalue weighted by molar-refractivity contribution is 7.89. The molecule has 0 saturated carbocycles. The van der Waals surface area contributed by atoms with Crippen LogP contribution in [0.3, 0.4) is 0 Å². The average molecular weight is 759 g/mol. The smallest absolute Gasteiger partial charge is 0.438 e. The zero-order valence-electron chi connectivity index (χ0n) is 30.6. The SMILES string of the molecule is CCOC(=O)N(O)c1cccc(S(=O)(=O)N(CC[C@H](Cc2cccc(O)c2)NC(=O)[C@H](C(C)C)N2CCN(Cc3csc(C)n3)C2=O)CC(C)C)c1. The Morgan fingerprint density at radius 3 is 2.46 bits per heavy atom. The minimum absolute atomic E-state index is 0.0189. The molecule has 1 aliphatic rings. The number of phenolic OH excluding ortho intramolecular Hbond substituents is 1. The molecule has 0 radical (unpaired) electrons. The summed E-state index contributed by atoms with van der Waals surface area (Å²) in [4.78, 5) is 47.4. The van der Waals surface area contributed by atoms with Gasteiger partial charge in [-0.1, -0.05) is 45.9 Å². The van der Waals surface area contributed by atoms with Gasteiger partial charge in [0.15, 0.2) is 0 Å². The highest BCUT2D eigenvalue weighted by atomic mass is 32.2. The summed E-state index contributed by atoms with van der Waals surface area (Å²) in [5.74, 6) is -0.579. The number of anilines is 1. The minimum Gasteiger partial charge on any atom is -0.508 e. The predicted molar refractivity (Wildman–Crippen MR) is 198 cm³/mol. The van der Waals surface area contributed by atoms with Crippen molar-refractivity contribution in [3.05, 3.63) is 70.2 Å². The number of hydroxylamine groups is 1. The van der Waals surface area contributed by atoms with Crippen LogP contribution in [0.15, 0.2) is 58.8 Å². The number of rotatable bonds is 17. The molecule has 0 aliphatic carbocycles. The van der Waals surface area contributed by atoms with Crippen molar-refractivity contribution >= 4 is 45.1 Å². The van der Waals surface area contributed by atoms with Gasteiger partial charge in [0.25, 0.3) is 0 Å². The number of hydrogen-bond acceptors (Lipinski definition) is 10. The van der Waals surface area contributed by atoms with Crippen LogP contribution in [0.4, 0.5) is 15.3 Å². The summed E-state index contributed by atoms with van der Waals surface area (Å²) >= 11 is 1.52. The standard InChI is InChI=1S/C36H50N6O8S2/c1-7-50-36(46)42(47)30-11-9-13-32(20-30)52(48,49)40(21-24(2)3)15-14-28(18-27-10-8-12-31(43)19-27)38-34(44)33(25(4)5)41-17-16-39(35(41)45)22-29-23-51-26(6)37-29/h8-13,19-20,23-25,28,33,43,47H,7,14-18,21-22H2,1-6H3,(H,38,44)/t28-,33+/m1/s1. The molecule has 4 amide bonds. The van der Waals surface area contributed by atoms with Crippen LogP contribution < -0.4 is 10.4 Å². The van der Waals surface area contributed by atoms with Gasteiger partial charge in [-0.3, -0.25) is 10.0 Å². The predicted octanol–water partition coefficient (Wildman–Crippen LogP) is 5.24. The van der Waals surface area contributed by atoms with Gasteiger partial charge in [-0.2, -0.15) is 9.37 Å². The molecular formula is C36H50N6O8S2. The molecule has 16 heteroatoms. The number of nitrogens with one attached hydrogen (secondary N) is 1. The van der Waals surface area contributed by atoms with Gasteiger partial charge in [0.05, 0.1) is 34.4 Å². The fourth-order valence-corrected chi connectivity index (χ4v) is 8.46. The van der Waals surface area contributed by atoms with E-state index < -0.39 is 28.2 Å². The summed E-state index contributed by atoms with van der Waals surface area (Å²) < 4.78 is 34.3. The largest absolute Gasteiger partial charge is 0.508 e. The van der Waals surface area contributed by atoms with Gasteiger partial charge in [0.2, 0.25) is 15.9 Å². The normalized spacial score (nSPS) is 14.7. The second-order valence-electron chi connectivity index (χ2n) is 13.6. The lowest BCUT2D eigenvalue weighted by molar-refractivity contribution is -0.127. The number of carbonyl (C=O) groups excluding carboxylic acids is 3. The molecule has 284 valence electrons. The third-order valence-corrected chi connectivity index (χ3v) is 11.2. The number of thiazole rings is 1. The number of aromatic nitrogens is 1. The Balaban J connectivity index is 1.57. The van der Waals surface area contributed by atoms with E-state index in [1.54, 1.807) is 34.9 Å². The number of sulfonamides is 1. The molecule has 3 aromatic rings. The summed E-state index contributed by atoms with van der Waals surface area (Å²) in [6, 6.07) is 10.5. The van der Waals surface area contributed by atoms with Gasteiger partial charge < -0.3 is 25.0 Å². The Kier molecular flexibility index (Phi) is 14.0. The lowest BCUT2D eigenvalue weighted by atomic mass is 9.99. The molecule has 1 saturated heterocycles. The van der Waals surface area contributed by atoms with Crippen molar-refractivity contribution in [2.45, 2.75) is 77.9 Å². The molecule has 0 spiro atoms. The Labute approximate surface area is 310 Å². The van der Waals surface area contributed by atoms with Crippen molar-refractivity contribution in [3.63, 3.8) is 0 Å². The van der Waals surface area contributed by atoms with E-state index in [1.165, 1.54) is 39.9 Å². The number of benzene rings is 2. The van der Waals surface area contributed by atoms with Crippen LogP contribution in [-0.2, 0) is 32.5 Å². The molecule has 1 fully saturated rings. The van der Waals surface area contributed by atoms with Crippen molar-refractivity contribution in [3.8, 4) is 5.75 Å². The fourth-order valence-electron chi connectivity index (χ4n) is 6.20. The number of amides is 4. The van der Waals surface area contributed by atoms with Crippen LogP contribution in [0.2, 0.25) is 0 Å². The van der Waals surface area contributed by atoms with Gasteiger partial charge in [-0.05, 0) is 74.4 Å². The van der Waals surface area contributed by atoms with Crippen LogP contribution in [0, 0.1) is 18.8 Å². The quantitative estimate of drug-likeness (QED) is 0.123. The van der Waals surface area contributed by atoms with Crippen molar-refractivity contribution in [1.29, 1.82) is 0 Å². The first-order valence-electron chi connectivity index (χ1n) is 17.4. The number of nitrogens with zero attached hydrogens (tertiary/aromatic N) is 5. The lowest BCUT2D eigenvalue weighted by Crippen LogP contribution is -2.54. The second-order valence-corrected chi connectivity index (χ2v) is 16.6. The molecule has 14 nitrogen and oxygen atoms in total. The third kappa shape index (κ3) is 10.4. The molecular weight excluding hydrogens is 709 g/mol. The van der Waals surface area contributed by atoms with E-state index in [2.05, 4.69) is 10.3 Å². The molecule has 52 heavy (non-hydrogen) atoms. The number of urea groups is 1. The summed E-state index contributed by atoms with van der Waals surface area (Å²) in [6.07, 6.45) is -0.548. The van der Waals surface area contributed by atoms with Crippen molar-refractivity contribution < 1.29 is 37.9 Å². The molecule has 2 heterocycles. The highest BCUT2D eigenvalue weighted by Crippen LogP contribution is 2.25. The average Bonchev–Trinajstić information content (AvgIpc) is 3.66. The summed E-state index contributed by atoms with van der Waals surface area (Å²) in [5, 5.41) is 26.7. The van der Waals surface area contributed by atoms with E-state index in [0.717, 1.165) is 16.3 Å². The maximum atomic E-state index is 14.1. The van der Waals surface area contributed by atoms with Crippen LogP contribution in [0.5, 0.6) is 5.75 Å². The first-order chi connectivity index (χ1) is 24.6. The van der Waals surface area contributed by atoms with Crippen molar-refractivity contribution in [1.82, 2.24) is 24.4 Å². The van der Waals surface area contributed by atoms with E-state index in [-0.39, 0.29) is 77.7 Å². The molecule has 0 unspecified atom stereocenters. The number of aromatic hydroxyl groups is 1. The number of phenols is 1. The summed E-state index contributed by atoms with van der Waals surface area (Å²) in [6.45, 7) is 12.4. The highest BCUT2D eigenvalue weighted by Gasteiger charge is 2.40. The molecule has 1 aromatic heterocycles. The zero-order valence-corrected chi connectivity index (χ0v) is 32.2. The minimum atomic E-state index is -4.15. The van der Waals surface area contributed by atoms with E-state index in [1.807, 2.05) is 46.1 Å². The maximum Gasteiger partial charge on any atom is 0.438 e. The Hall–Kier alpha value is -4.25. The molecule has 2 atom stereocenters. The summed E-state index contributed by atoms with van der Waals surface area (Å²) in [5.41, 5.74) is 1.46. The Bertz CT molecular complexity index is 1800. The maximum absolute atomic E-state index is 14.1. The van der Waals surface area contributed by atoms with E-state index in [4.69, 9.17) is 4.74 Å². The monoisotopic (exact) mass is 758 g/mol. The second kappa shape index (κ2) is 18.0. The fraction of sp³-hybridized carbons (Fsp3) is 0.500. The van der Waals surface area contributed by atoms with Gasteiger partial charge in [-0.15, -0.1) is 11.3 Å². The van der Waals surface area contributed by atoms with Crippen molar-refractivity contribution in [2.75, 3.05) is 37.8 Å².